The van der Waals surface area contributed by atoms with E-state index in [1.54, 1.807) is 23.5 Å². The summed E-state index contributed by atoms with van der Waals surface area (Å²) in [7, 11) is 0. The summed E-state index contributed by atoms with van der Waals surface area (Å²) in [6, 6.07) is 14.6. The lowest BCUT2D eigenvalue weighted by atomic mass is 9.90. The molecule has 3 aromatic rings. The van der Waals surface area contributed by atoms with E-state index in [0.29, 0.717) is 18.2 Å². The van der Waals surface area contributed by atoms with Gasteiger partial charge < -0.3 is 15.7 Å². The normalized spacial score (nSPS) is 14.5. The third-order valence-corrected chi connectivity index (χ3v) is 6.49. The molecule has 4 rings (SSSR count). The van der Waals surface area contributed by atoms with Crippen molar-refractivity contribution in [2.24, 2.45) is 0 Å². The van der Waals surface area contributed by atoms with Crippen molar-refractivity contribution in [2.45, 2.75) is 44.6 Å². The number of hydrogen-bond acceptors (Lipinski definition) is 4. The zero-order valence-electron chi connectivity index (χ0n) is 16.2. The van der Waals surface area contributed by atoms with E-state index in [9.17, 15) is 9.90 Å². The number of carbonyl (C=O) groups excluding carboxylic acids is 1. The Balaban J connectivity index is 1.39. The average molecular weight is 408 g/mol. The van der Waals surface area contributed by atoms with Crippen molar-refractivity contribution in [3.05, 3.63) is 65.3 Å². The van der Waals surface area contributed by atoms with E-state index in [-0.39, 0.29) is 11.8 Å². The molecular weight excluding hydrogens is 382 g/mol. The smallest absolute Gasteiger partial charge is 0.319 e. The van der Waals surface area contributed by atoms with Crippen LogP contribution in [-0.2, 0) is 6.54 Å². The molecule has 1 heterocycles. The van der Waals surface area contributed by atoms with Crippen LogP contribution in [0.1, 0.15) is 48.6 Å². The molecule has 0 spiro atoms. The predicted molar refractivity (Wildman–Crippen MR) is 117 cm³/mol. The third-order valence-electron chi connectivity index (χ3n) is 5.29. The maximum Gasteiger partial charge on any atom is 0.319 e. The van der Waals surface area contributed by atoms with Gasteiger partial charge in [0.15, 0.2) is 0 Å². The highest BCUT2D eigenvalue weighted by Crippen LogP contribution is 2.40. The van der Waals surface area contributed by atoms with Gasteiger partial charge in [-0.15, -0.1) is 11.3 Å². The highest BCUT2D eigenvalue weighted by atomic mass is 32.1. The number of phenols is 1. The first-order valence-corrected chi connectivity index (χ1v) is 10.9. The van der Waals surface area contributed by atoms with Crippen molar-refractivity contribution in [3.8, 4) is 16.2 Å². The van der Waals surface area contributed by atoms with Crippen LogP contribution in [-0.4, -0.2) is 16.1 Å². The van der Waals surface area contributed by atoms with E-state index in [2.05, 4.69) is 15.6 Å². The molecule has 5 nitrogen and oxygen atoms in total. The van der Waals surface area contributed by atoms with Crippen LogP contribution in [0.5, 0.6) is 5.75 Å². The summed E-state index contributed by atoms with van der Waals surface area (Å²) in [4.78, 5) is 17.7. The number of aromatic nitrogens is 1. The third kappa shape index (κ3) is 4.95. The Labute approximate surface area is 174 Å². The summed E-state index contributed by atoms with van der Waals surface area (Å²) in [6.07, 6.45) is 8.14. The number of phenolic OH excluding ortho intramolecular Hbond substituents is 1. The summed E-state index contributed by atoms with van der Waals surface area (Å²) in [6.45, 7) is 0.446. The Morgan fingerprint density at radius 2 is 1.90 bits per heavy atom. The molecule has 0 bridgehead atoms. The second-order valence-corrected chi connectivity index (χ2v) is 8.49. The number of carbonyl (C=O) groups is 1. The number of nitrogens with zero attached hydrogens (tertiary/aromatic N) is 1. The van der Waals surface area contributed by atoms with Crippen LogP contribution in [0.4, 0.5) is 10.5 Å². The lowest BCUT2D eigenvalue weighted by molar-refractivity contribution is 0.251. The number of urea groups is 1. The molecule has 150 valence electrons. The molecule has 0 aliphatic heterocycles. The maximum absolute atomic E-state index is 12.1. The first-order valence-electron chi connectivity index (χ1n) is 10.1. The summed E-state index contributed by atoms with van der Waals surface area (Å²) in [5, 5.41) is 17.2. The minimum atomic E-state index is -0.307. The molecule has 2 amide bonds. The van der Waals surface area contributed by atoms with Crippen LogP contribution >= 0.6 is 11.3 Å². The van der Waals surface area contributed by atoms with Gasteiger partial charge in [-0.25, -0.2) is 9.78 Å². The zero-order valence-corrected chi connectivity index (χ0v) is 17.0. The molecule has 3 N–H and O–H groups in total. The summed E-state index contributed by atoms with van der Waals surface area (Å²) in [5.41, 5.74) is 2.33. The van der Waals surface area contributed by atoms with E-state index in [0.717, 1.165) is 16.0 Å². The topological polar surface area (TPSA) is 74.2 Å². The van der Waals surface area contributed by atoms with Crippen LogP contribution in [0.15, 0.2) is 54.7 Å². The molecule has 1 aromatic heterocycles. The Hall–Kier alpha value is -2.86. The quantitative estimate of drug-likeness (QED) is 0.494. The van der Waals surface area contributed by atoms with E-state index in [4.69, 9.17) is 0 Å². The number of anilines is 1. The molecule has 1 fully saturated rings. The minimum absolute atomic E-state index is 0.143. The van der Waals surface area contributed by atoms with Gasteiger partial charge in [0.25, 0.3) is 0 Å². The highest BCUT2D eigenvalue weighted by Gasteiger charge is 2.20. The van der Waals surface area contributed by atoms with Gasteiger partial charge in [0.1, 0.15) is 5.75 Å². The molecule has 0 unspecified atom stereocenters. The first kappa shape index (κ1) is 19.5. The highest BCUT2D eigenvalue weighted by molar-refractivity contribution is 7.15. The Bertz CT molecular complexity index is 965. The first-order chi connectivity index (χ1) is 14.2. The van der Waals surface area contributed by atoms with Crippen molar-refractivity contribution in [2.75, 3.05) is 5.32 Å². The predicted octanol–water partition coefficient (Wildman–Crippen LogP) is 5.89. The monoisotopic (exact) mass is 407 g/mol. The van der Waals surface area contributed by atoms with Gasteiger partial charge >= 0.3 is 6.03 Å². The van der Waals surface area contributed by atoms with Crippen LogP contribution in [0.2, 0.25) is 0 Å². The van der Waals surface area contributed by atoms with Crippen LogP contribution in [0.25, 0.3) is 10.4 Å². The molecule has 0 radical (unpaired) electrons. The Kier molecular flexibility index (Phi) is 6.10. The molecular formula is C23H25N3O2S. The van der Waals surface area contributed by atoms with Gasteiger partial charge in [-0.05, 0) is 30.5 Å². The van der Waals surface area contributed by atoms with Crippen LogP contribution in [0, 0.1) is 0 Å². The standard InChI is InChI=1S/C23H25N3O2S/c27-20-13-18(26-23(28)25-14-16-7-3-1-4-8-16)11-12-19(20)21-15-24-22(29-21)17-9-5-2-6-10-17/h1,3-4,7-8,11-13,15,17,27H,2,5-6,9-10,14H2,(H2,25,26,28). The van der Waals surface area contributed by atoms with Gasteiger partial charge in [0.2, 0.25) is 0 Å². The fourth-order valence-corrected chi connectivity index (χ4v) is 4.84. The fraction of sp³-hybridized carbons (Fsp3) is 0.304. The zero-order chi connectivity index (χ0) is 20.1. The van der Waals surface area contributed by atoms with Crippen molar-refractivity contribution in [1.29, 1.82) is 0 Å². The molecule has 6 heteroatoms. The fourth-order valence-electron chi connectivity index (χ4n) is 3.72. The lowest BCUT2D eigenvalue weighted by Gasteiger charge is -2.18. The number of thiazole rings is 1. The van der Waals surface area contributed by atoms with E-state index in [1.165, 1.54) is 37.1 Å². The van der Waals surface area contributed by atoms with E-state index in [1.807, 2.05) is 42.6 Å². The van der Waals surface area contributed by atoms with Crippen LogP contribution < -0.4 is 10.6 Å². The maximum atomic E-state index is 12.1. The molecule has 1 aliphatic carbocycles. The average Bonchev–Trinajstić information content (AvgIpc) is 3.24. The summed E-state index contributed by atoms with van der Waals surface area (Å²) in [5.74, 6) is 0.698. The Morgan fingerprint density at radius 1 is 1.10 bits per heavy atom. The van der Waals surface area contributed by atoms with E-state index < -0.39 is 0 Å². The van der Waals surface area contributed by atoms with Crippen molar-refractivity contribution in [3.63, 3.8) is 0 Å². The van der Waals surface area contributed by atoms with Crippen molar-refractivity contribution in [1.82, 2.24) is 10.3 Å². The number of amides is 2. The molecule has 0 saturated heterocycles. The molecule has 0 atom stereocenters. The number of nitrogens with one attached hydrogen (secondary N) is 2. The van der Waals surface area contributed by atoms with Crippen molar-refractivity contribution >= 4 is 23.1 Å². The SMILES string of the molecule is O=C(NCc1ccccc1)Nc1ccc(-c2cnc(C3CCCCC3)s2)c(O)c1. The van der Waals surface area contributed by atoms with Gasteiger partial charge in [0, 0.05) is 36.0 Å². The van der Waals surface area contributed by atoms with Crippen molar-refractivity contribution < 1.29 is 9.90 Å². The van der Waals surface area contributed by atoms with Gasteiger partial charge in [-0.1, -0.05) is 49.6 Å². The van der Waals surface area contributed by atoms with Gasteiger partial charge in [0.05, 0.1) is 9.88 Å². The number of hydrogen-bond donors (Lipinski definition) is 3. The lowest BCUT2D eigenvalue weighted by Crippen LogP contribution is -2.28. The Morgan fingerprint density at radius 3 is 2.66 bits per heavy atom. The second kappa shape index (κ2) is 9.09. The number of rotatable bonds is 5. The minimum Gasteiger partial charge on any atom is -0.507 e. The summed E-state index contributed by atoms with van der Waals surface area (Å²) >= 11 is 1.66. The molecule has 1 saturated carbocycles. The van der Waals surface area contributed by atoms with E-state index >= 15 is 0 Å². The van der Waals surface area contributed by atoms with Gasteiger partial charge in [-0.2, -0.15) is 0 Å². The van der Waals surface area contributed by atoms with Gasteiger partial charge in [-0.3, -0.25) is 0 Å². The largest absolute Gasteiger partial charge is 0.507 e. The number of benzene rings is 2. The molecule has 1 aliphatic rings. The molecule has 2 aromatic carbocycles. The molecule has 29 heavy (non-hydrogen) atoms. The van der Waals surface area contributed by atoms with Crippen LogP contribution in [0.3, 0.4) is 0 Å². The summed E-state index contributed by atoms with van der Waals surface area (Å²) < 4.78 is 0. The second-order valence-electron chi connectivity index (χ2n) is 7.42. The number of aromatic hydroxyl groups is 1.